The van der Waals surface area contributed by atoms with Crippen LogP contribution in [0, 0.1) is 0 Å². The van der Waals surface area contributed by atoms with Crippen molar-refractivity contribution in [3.05, 3.63) is 188 Å². The van der Waals surface area contributed by atoms with E-state index in [1.807, 2.05) is 0 Å². The van der Waals surface area contributed by atoms with Gasteiger partial charge < -0.3 is 4.57 Å². The molecule has 10 aromatic rings. The topological polar surface area (TPSA) is 35.6 Å². The maximum atomic E-state index is 5.37. The van der Waals surface area contributed by atoms with Crippen LogP contribution in [0.3, 0.4) is 0 Å². The lowest BCUT2D eigenvalue weighted by Gasteiger charge is -2.15. The molecule has 7 aromatic carbocycles. The van der Waals surface area contributed by atoms with Gasteiger partial charge in [-0.15, -0.1) is 0 Å². The van der Waals surface area contributed by atoms with Crippen LogP contribution in [0.25, 0.3) is 94.0 Å². The Bertz CT molecular complexity index is 3140. The van der Waals surface area contributed by atoms with Crippen molar-refractivity contribution in [1.82, 2.24) is 19.1 Å². The van der Waals surface area contributed by atoms with Crippen molar-refractivity contribution in [2.24, 2.45) is 0 Å². The van der Waals surface area contributed by atoms with E-state index >= 15 is 0 Å². The van der Waals surface area contributed by atoms with Crippen molar-refractivity contribution in [3.8, 4) is 34.0 Å². The molecule has 254 valence electrons. The van der Waals surface area contributed by atoms with Gasteiger partial charge in [0.15, 0.2) is 0 Å². The van der Waals surface area contributed by atoms with E-state index in [1.54, 1.807) is 0 Å². The van der Waals surface area contributed by atoms with Crippen LogP contribution < -0.4 is 0 Å². The zero-order valence-corrected chi connectivity index (χ0v) is 29.5. The summed E-state index contributed by atoms with van der Waals surface area (Å²) in [5.74, 6) is 0.668. The summed E-state index contributed by atoms with van der Waals surface area (Å²) in [4.78, 5) is 10.7. The largest absolute Gasteiger partial charge is 0.309 e. The molecule has 54 heavy (non-hydrogen) atoms. The zero-order valence-electron chi connectivity index (χ0n) is 29.5. The first-order valence-electron chi connectivity index (χ1n) is 18.7. The average molecular weight is 691 g/mol. The maximum Gasteiger partial charge on any atom is 0.235 e. The van der Waals surface area contributed by atoms with Crippen LogP contribution in [0.4, 0.5) is 0 Å². The lowest BCUT2D eigenvalue weighted by atomic mass is 9.94. The van der Waals surface area contributed by atoms with Crippen LogP contribution in [0.1, 0.15) is 18.5 Å². The monoisotopic (exact) mass is 690 g/mol. The summed E-state index contributed by atoms with van der Waals surface area (Å²) in [5.41, 5.74) is 12.1. The summed E-state index contributed by atoms with van der Waals surface area (Å²) in [6.45, 7) is 0. The van der Waals surface area contributed by atoms with E-state index in [4.69, 9.17) is 9.97 Å². The molecule has 0 radical (unpaired) electrons. The summed E-state index contributed by atoms with van der Waals surface area (Å²) in [5, 5.41) is 7.18. The minimum Gasteiger partial charge on any atom is -0.309 e. The SMILES string of the molecule is C1=CC(c2cc(-c3ccccc3)nc(-n3c4ccccc4c4c(-c5ccc6c(c5)c5ccccc5n6-c5ccccc5)cc5ccccc5c43)n2)=CCC1. The Hall–Kier alpha value is -7.04. The second kappa shape index (κ2) is 12.3. The van der Waals surface area contributed by atoms with Gasteiger partial charge in [0.2, 0.25) is 5.95 Å². The predicted octanol–water partition coefficient (Wildman–Crippen LogP) is 12.9. The summed E-state index contributed by atoms with van der Waals surface area (Å²) < 4.78 is 4.68. The molecule has 0 atom stereocenters. The van der Waals surface area contributed by atoms with Gasteiger partial charge in [-0.3, -0.25) is 4.57 Å². The van der Waals surface area contributed by atoms with Gasteiger partial charge in [-0.1, -0.05) is 133 Å². The van der Waals surface area contributed by atoms with Crippen molar-refractivity contribution in [2.45, 2.75) is 12.8 Å². The summed E-state index contributed by atoms with van der Waals surface area (Å²) >= 11 is 0. The zero-order chi connectivity index (χ0) is 35.6. The van der Waals surface area contributed by atoms with E-state index in [0.29, 0.717) is 5.95 Å². The molecule has 1 aliphatic rings. The van der Waals surface area contributed by atoms with Gasteiger partial charge in [0.05, 0.1) is 33.5 Å². The molecule has 4 nitrogen and oxygen atoms in total. The van der Waals surface area contributed by atoms with Crippen molar-refractivity contribution >= 4 is 60.0 Å². The van der Waals surface area contributed by atoms with Gasteiger partial charge in [0, 0.05) is 38.2 Å². The van der Waals surface area contributed by atoms with E-state index in [9.17, 15) is 0 Å². The minimum absolute atomic E-state index is 0.668. The number of hydrogen-bond acceptors (Lipinski definition) is 2. The van der Waals surface area contributed by atoms with E-state index in [1.165, 1.54) is 54.5 Å². The number of aromatic nitrogens is 4. The van der Waals surface area contributed by atoms with E-state index in [2.05, 4.69) is 191 Å². The Morgan fingerprint density at radius 3 is 1.93 bits per heavy atom. The maximum absolute atomic E-state index is 5.37. The molecule has 4 heteroatoms. The third-order valence-electron chi connectivity index (χ3n) is 10.9. The summed E-state index contributed by atoms with van der Waals surface area (Å²) in [6, 6.07) is 58.8. The van der Waals surface area contributed by atoms with Crippen molar-refractivity contribution in [3.63, 3.8) is 0 Å². The van der Waals surface area contributed by atoms with Crippen LogP contribution in [-0.4, -0.2) is 19.1 Å². The molecule has 0 fully saturated rings. The normalized spacial score (nSPS) is 13.1. The highest BCUT2D eigenvalue weighted by molar-refractivity contribution is 6.24. The number of fused-ring (bicyclic) bond motifs is 8. The quantitative estimate of drug-likeness (QED) is 0.180. The first-order chi connectivity index (χ1) is 26.8. The first-order valence-corrected chi connectivity index (χ1v) is 18.7. The molecular weight excluding hydrogens is 657 g/mol. The number of allylic oxidation sites excluding steroid dienone is 4. The van der Waals surface area contributed by atoms with Crippen LogP contribution in [0.2, 0.25) is 0 Å². The number of benzene rings is 7. The first kappa shape index (κ1) is 30.6. The van der Waals surface area contributed by atoms with Crippen LogP contribution in [-0.2, 0) is 0 Å². The van der Waals surface area contributed by atoms with Gasteiger partial charge >= 0.3 is 0 Å². The molecule has 0 bridgehead atoms. The van der Waals surface area contributed by atoms with Gasteiger partial charge in [-0.25, -0.2) is 9.97 Å². The number of nitrogens with zero attached hydrogens (tertiary/aromatic N) is 4. The molecule has 11 rings (SSSR count). The fourth-order valence-corrected chi connectivity index (χ4v) is 8.51. The second-order valence-electron chi connectivity index (χ2n) is 14.1. The summed E-state index contributed by atoms with van der Waals surface area (Å²) in [6.07, 6.45) is 8.80. The fourth-order valence-electron chi connectivity index (χ4n) is 8.51. The molecule has 0 aliphatic heterocycles. The molecular formula is C50H34N4. The Morgan fingerprint density at radius 1 is 0.463 bits per heavy atom. The van der Waals surface area contributed by atoms with E-state index in [0.717, 1.165) is 52.1 Å². The van der Waals surface area contributed by atoms with Gasteiger partial charge in [0.1, 0.15) is 0 Å². The van der Waals surface area contributed by atoms with Gasteiger partial charge in [0.25, 0.3) is 0 Å². The van der Waals surface area contributed by atoms with Crippen LogP contribution >= 0.6 is 0 Å². The Kier molecular flexibility index (Phi) is 6.96. The third-order valence-corrected chi connectivity index (χ3v) is 10.9. The van der Waals surface area contributed by atoms with Gasteiger partial charge in [-0.2, -0.15) is 0 Å². The fraction of sp³-hybridized carbons (Fsp3) is 0.0400. The predicted molar refractivity (Wildman–Crippen MR) is 225 cm³/mol. The molecule has 0 unspecified atom stereocenters. The van der Waals surface area contributed by atoms with Crippen molar-refractivity contribution < 1.29 is 0 Å². The number of hydrogen-bond donors (Lipinski definition) is 0. The Balaban J connectivity index is 1.23. The molecule has 0 N–H and O–H groups in total. The molecule has 3 aromatic heterocycles. The molecule has 3 heterocycles. The highest BCUT2D eigenvalue weighted by atomic mass is 15.2. The van der Waals surface area contributed by atoms with Crippen molar-refractivity contribution in [2.75, 3.05) is 0 Å². The Morgan fingerprint density at radius 2 is 1.13 bits per heavy atom. The standard InChI is InChI=1S/C50H34N4/c1-4-16-33(17-5-1)43-32-44(34-18-6-2-7-19-34)52-50(51-43)54-46-27-15-13-25-40(46)48-41(30-35-20-10-11-23-38(35)49(48)54)36-28-29-47-42(31-36)39-24-12-14-26-45(39)53(47)37-21-8-3-9-22-37/h1,3-6,8-32H,2,7H2. The molecule has 0 saturated carbocycles. The molecule has 0 amide bonds. The molecule has 0 saturated heterocycles. The third kappa shape index (κ3) is 4.77. The average Bonchev–Trinajstić information content (AvgIpc) is 3.78. The highest BCUT2D eigenvalue weighted by Crippen LogP contribution is 2.44. The Labute approximate surface area is 312 Å². The van der Waals surface area contributed by atoms with Crippen LogP contribution in [0.5, 0.6) is 0 Å². The second-order valence-corrected chi connectivity index (χ2v) is 14.1. The smallest absolute Gasteiger partial charge is 0.235 e. The minimum atomic E-state index is 0.668. The molecule has 1 aliphatic carbocycles. The lowest BCUT2D eigenvalue weighted by Crippen LogP contribution is -2.05. The van der Waals surface area contributed by atoms with E-state index in [-0.39, 0.29) is 0 Å². The number of para-hydroxylation sites is 3. The number of rotatable bonds is 5. The summed E-state index contributed by atoms with van der Waals surface area (Å²) in [7, 11) is 0. The lowest BCUT2D eigenvalue weighted by molar-refractivity contribution is 0.980. The molecule has 0 spiro atoms. The van der Waals surface area contributed by atoms with E-state index < -0.39 is 0 Å². The highest BCUT2D eigenvalue weighted by Gasteiger charge is 2.23. The van der Waals surface area contributed by atoms with Gasteiger partial charge in [-0.05, 0) is 83.5 Å². The van der Waals surface area contributed by atoms with Crippen LogP contribution in [0.15, 0.2) is 182 Å². The van der Waals surface area contributed by atoms with Crippen molar-refractivity contribution in [1.29, 1.82) is 0 Å².